The Hall–Kier alpha value is -3.20. The van der Waals surface area contributed by atoms with Crippen LogP contribution >= 0.6 is 0 Å². The third kappa shape index (κ3) is 2.96. The van der Waals surface area contributed by atoms with Crippen LogP contribution in [0.15, 0.2) is 72.8 Å². The second kappa shape index (κ2) is 6.36. The van der Waals surface area contributed by atoms with Crippen LogP contribution in [0.5, 0.6) is 5.75 Å². The van der Waals surface area contributed by atoms with Gasteiger partial charge in [0.2, 0.25) is 0 Å². The lowest BCUT2D eigenvalue weighted by molar-refractivity contribution is 0.415. The van der Waals surface area contributed by atoms with E-state index in [1.54, 1.807) is 7.11 Å². The number of nitrogens with zero attached hydrogens (tertiary/aromatic N) is 2. The van der Waals surface area contributed by atoms with Crippen LogP contribution in [0.2, 0.25) is 0 Å². The van der Waals surface area contributed by atoms with E-state index in [0.717, 1.165) is 39.3 Å². The molecule has 0 aliphatic rings. The molecule has 0 aliphatic heterocycles. The molecule has 0 N–H and O–H groups in total. The van der Waals surface area contributed by atoms with Crippen molar-refractivity contribution in [1.29, 1.82) is 0 Å². The molecule has 0 atom stereocenters. The topological polar surface area (TPSA) is 35.0 Å². The quantitative estimate of drug-likeness (QED) is 0.514. The van der Waals surface area contributed by atoms with Gasteiger partial charge in [-0.15, -0.1) is 0 Å². The maximum Gasteiger partial charge on any atom is 0.160 e. The van der Waals surface area contributed by atoms with E-state index in [1.807, 2.05) is 54.6 Å². The SMILES string of the molecule is COc1ccc(-c2nc(-c3ccccc3)nc3ccc(C)cc23)cc1. The summed E-state index contributed by atoms with van der Waals surface area (Å²) < 4.78 is 5.27. The maximum absolute atomic E-state index is 5.27. The molecule has 3 nitrogen and oxygen atoms in total. The number of hydrogen-bond acceptors (Lipinski definition) is 3. The van der Waals surface area contributed by atoms with E-state index in [0.29, 0.717) is 0 Å². The number of ether oxygens (including phenoxy) is 1. The summed E-state index contributed by atoms with van der Waals surface area (Å²) in [4.78, 5) is 9.66. The number of fused-ring (bicyclic) bond motifs is 1. The molecule has 1 aromatic heterocycles. The molecule has 0 amide bonds. The second-order valence-corrected chi connectivity index (χ2v) is 6.01. The minimum atomic E-state index is 0.739. The number of hydrogen-bond donors (Lipinski definition) is 0. The fourth-order valence-electron chi connectivity index (χ4n) is 2.93. The molecule has 0 bridgehead atoms. The van der Waals surface area contributed by atoms with Crippen molar-refractivity contribution in [3.8, 4) is 28.4 Å². The van der Waals surface area contributed by atoms with Crippen LogP contribution in [0.4, 0.5) is 0 Å². The van der Waals surface area contributed by atoms with Crippen molar-refractivity contribution in [2.75, 3.05) is 7.11 Å². The number of aryl methyl sites for hydroxylation is 1. The van der Waals surface area contributed by atoms with Crippen LogP contribution in [0.3, 0.4) is 0 Å². The molecule has 3 heteroatoms. The molecule has 3 aromatic carbocycles. The highest BCUT2D eigenvalue weighted by Crippen LogP contribution is 2.30. The van der Waals surface area contributed by atoms with Crippen LogP contribution in [0, 0.1) is 6.92 Å². The third-order valence-electron chi connectivity index (χ3n) is 4.25. The van der Waals surface area contributed by atoms with Gasteiger partial charge in [-0.05, 0) is 43.3 Å². The highest BCUT2D eigenvalue weighted by atomic mass is 16.5. The second-order valence-electron chi connectivity index (χ2n) is 6.01. The van der Waals surface area contributed by atoms with Gasteiger partial charge in [0.25, 0.3) is 0 Å². The smallest absolute Gasteiger partial charge is 0.160 e. The molecule has 0 saturated carbocycles. The van der Waals surface area contributed by atoms with E-state index < -0.39 is 0 Å². The minimum absolute atomic E-state index is 0.739. The molecule has 0 unspecified atom stereocenters. The van der Waals surface area contributed by atoms with Gasteiger partial charge in [-0.1, -0.05) is 42.0 Å². The lowest BCUT2D eigenvalue weighted by Gasteiger charge is -2.10. The van der Waals surface area contributed by atoms with Crippen molar-refractivity contribution in [1.82, 2.24) is 9.97 Å². The molecular weight excluding hydrogens is 308 g/mol. The van der Waals surface area contributed by atoms with Crippen LogP contribution < -0.4 is 4.74 Å². The van der Waals surface area contributed by atoms with E-state index in [9.17, 15) is 0 Å². The molecule has 122 valence electrons. The number of benzene rings is 3. The number of rotatable bonds is 3. The Labute approximate surface area is 147 Å². The minimum Gasteiger partial charge on any atom is -0.497 e. The van der Waals surface area contributed by atoms with Crippen LogP contribution in [0.1, 0.15) is 5.56 Å². The summed E-state index contributed by atoms with van der Waals surface area (Å²) in [5.74, 6) is 1.57. The predicted molar refractivity (Wildman–Crippen MR) is 102 cm³/mol. The van der Waals surface area contributed by atoms with Gasteiger partial charge in [-0.2, -0.15) is 0 Å². The Morgan fingerprint density at radius 3 is 2.24 bits per heavy atom. The van der Waals surface area contributed by atoms with E-state index in [4.69, 9.17) is 14.7 Å². The van der Waals surface area contributed by atoms with Gasteiger partial charge >= 0.3 is 0 Å². The molecule has 0 fully saturated rings. The first-order valence-electron chi connectivity index (χ1n) is 8.23. The summed E-state index contributed by atoms with van der Waals surface area (Å²) in [6, 6.07) is 24.4. The zero-order valence-corrected chi connectivity index (χ0v) is 14.2. The Bertz CT molecular complexity index is 1030. The first kappa shape index (κ1) is 15.3. The summed E-state index contributed by atoms with van der Waals surface area (Å²) in [6.07, 6.45) is 0. The lowest BCUT2D eigenvalue weighted by Crippen LogP contribution is -1.95. The molecule has 4 rings (SSSR count). The zero-order chi connectivity index (χ0) is 17.2. The monoisotopic (exact) mass is 326 g/mol. The fourth-order valence-corrected chi connectivity index (χ4v) is 2.93. The highest BCUT2D eigenvalue weighted by molar-refractivity contribution is 5.94. The Morgan fingerprint density at radius 2 is 1.52 bits per heavy atom. The summed E-state index contributed by atoms with van der Waals surface area (Å²) in [6.45, 7) is 2.09. The first-order chi connectivity index (χ1) is 12.2. The van der Waals surface area contributed by atoms with Crippen molar-refractivity contribution < 1.29 is 4.74 Å². The van der Waals surface area contributed by atoms with Gasteiger partial charge in [0.15, 0.2) is 5.82 Å². The fraction of sp³-hybridized carbons (Fsp3) is 0.0909. The van der Waals surface area contributed by atoms with Crippen LogP contribution in [0.25, 0.3) is 33.5 Å². The van der Waals surface area contributed by atoms with Gasteiger partial charge < -0.3 is 4.74 Å². The van der Waals surface area contributed by atoms with Crippen molar-refractivity contribution in [3.63, 3.8) is 0 Å². The Kier molecular flexibility index (Phi) is 3.90. The van der Waals surface area contributed by atoms with Crippen molar-refractivity contribution in [3.05, 3.63) is 78.4 Å². The van der Waals surface area contributed by atoms with E-state index in [1.165, 1.54) is 5.56 Å². The van der Waals surface area contributed by atoms with Gasteiger partial charge in [0.05, 0.1) is 18.3 Å². The van der Waals surface area contributed by atoms with E-state index in [2.05, 4.69) is 25.1 Å². The zero-order valence-electron chi connectivity index (χ0n) is 14.2. The molecule has 0 spiro atoms. The summed E-state index contributed by atoms with van der Waals surface area (Å²) in [5, 5.41) is 1.06. The molecule has 0 radical (unpaired) electrons. The summed E-state index contributed by atoms with van der Waals surface area (Å²) in [7, 11) is 1.67. The molecule has 25 heavy (non-hydrogen) atoms. The maximum atomic E-state index is 5.27. The van der Waals surface area contributed by atoms with Crippen molar-refractivity contribution in [2.45, 2.75) is 6.92 Å². The largest absolute Gasteiger partial charge is 0.497 e. The van der Waals surface area contributed by atoms with Crippen LogP contribution in [-0.4, -0.2) is 17.1 Å². The lowest BCUT2D eigenvalue weighted by atomic mass is 10.0. The molecule has 0 saturated heterocycles. The normalized spacial score (nSPS) is 10.8. The van der Waals surface area contributed by atoms with Gasteiger partial charge in [-0.3, -0.25) is 0 Å². The van der Waals surface area contributed by atoms with Gasteiger partial charge in [0.1, 0.15) is 5.75 Å². The van der Waals surface area contributed by atoms with E-state index in [-0.39, 0.29) is 0 Å². The van der Waals surface area contributed by atoms with Crippen molar-refractivity contribution >= 4 is 10.9 Å². The average Bonchev–Trinajstić information content (AvgIpc) is 2.68. The average molecular weight is 326 g/mol. The van der Waals surface area contributed by atoms with Crippen LogP contribution in [-0.2, 0) is 0 Å². The molecule has 0 aliphatic carbocycles. The summed E-state index contributed by atoms with van der Waals surface area (Å²) in [5.41, 5.74) is 5.15. The standard InChI is InChI=1S/C22H18N2O/c1-15-8-13-20-19(14-15)21(16-9-11-18(25-2)12-10-16)24-22(23-20)17-6-4-3-5-7-17/h3-14H,1-2H3. The number of aromatic nitrogens is 2. The third-order valence-corrected chi connectivity index (χ3v) is 4.25. The summed E-state index contributed by atoms with van der Waals surface area (Å²) >= 11 is 0. The first-order valence-corrected chi connectivity index (χ1v) is 8.23. The molecular formula is C22H18N2O. The molecule has 4 aromatic rings. The van der Waals surface area contributed by atoms with Gasteiger partial charge in [-0.25, -0.2) is 9.97 Å². The Morgan fingerprint density at radius 1 is 0.760 bits per heavy atom. The van der Waals surface area contributed by atoms with Crippen molar-refractivity contribution in [2.24, 2.45) is 0 Å². The van der Waals surface area contributed by atoms with E-state index >= 15 is 0 Å². The Balaban J connectivity index is 1.97. The highest BCUT2D eigenvalue weighted by Gasteiger charge is 2.11. The van der Waals surface area contributed by atoms with Gasteiger partial charge in [0, 0.05) is 16.5 Å². The predicted octanol–water partition coefficient (Wildman–Crippen LogP) is 5.28. The number of methoxy groups -OCH3 is 1. The molecule has 1 heterocycles.